The number of aliphatic hydroxyl groups excluding tert-OH is 1. The largest absolute Gasteiger partial charge is 0.391 e. The summed E-state index contributed by atoms with van der Waals surface area (Å²) in [5, 5.41) is 15.9. The summed E-state index contributed by atoms with van der Waals surface area (Å²) in [5.74, 6) is -0.440. The van der Waals surface area contributed by atoms with Crippen molar-refractivity contribution in [1.29, 1.82) is 0 Å². The highest BCUT2D eigenvalue weighted by atomic mass is 31.1. The van der Waals surface area contributed by atoms with Crippen LogP contribution in [0.3, 0.4) is 0 Å². The second-order valence-corrected chi connectivity index (χ2v) is 10.4. The van der Waals surface area contributed by atoms with E-state index in [1.54, 1.807) is 0 Å². The molecule has 30 heavy (non-hydrogen) atoms. The summed E-state index contributed by atoms with van der Waals surface area (Å²) < 4.78 is 11.3. The van der Waals surface area contributed by atoms with Crippen LogP contribution in [-0.2, 0) is 14.2 Å². The molecule has 0 heterocycles. The fourth-order valence-corrected chi connectivity index (χ4v) is 5.13. The zero-order chi connectivity index (χ0) is 22.8. The third kappa shape index (κ3) is 9.04. The molecular formula is C21H42N3O5P. The van der Waals surface area contributed by atoms with Crippen molar-refractivity contribution < 1.29 is 24.2 Å². The number of hydrogen-bond donors (Lipinski definition) is 5. The molecule has 0 bridgehead atoms. The first-order chi connectivity index (χ1) is 14.1. The molecule has 0 spiro atoms. The topological polar surface area (TPSA) is 142 Å². The van der Waals surface area contributed by atoms with Crippen LogP contribution in [0.15, 0.2) is 0 Å². The van der Waals surface area contributed by atoms with Crippen molar-refractivity contribution in [2.75, 3.05) is 12.7 Å². The van der Waals surface area contributed by atoms with Crippen LogP contribution in [0.25, 0.3) is 0 Å². The lowest BCUT2D eigenvalue weighted by atomic mass is 9.77. The van der Waals surface area contributed by atoms with E-state index in [0.717, 1.165) is 32.1 Å². The number of hydrogen-bond acceptors (Lipinski definition) is 5. The normalized spacial score (nSPS) is 24.5. The maximum Gasteiger partial charge on any atom is 0.242 e. The summed E-state index contributed by atoms with van der Waals surface area (Å²) >= 11 is 0. The Balaban J connectivity index is 2.57. The van der Waals surface area contributed by atoms with E-state index in [-0.39, 0.29) is 42.0 Å². The molecule has 0 aromatic carbocycles. The van der Waals surface area contributed by atoms with Crippen LogP contribution in [0, 0.1) is 23.7 Å². The molecule has 2 amide bonds. The second kappa shape index (κ2) is 13.5. The summed E-state index contributed by atoms with van der Waals surface area (Å²) in [7, 11) is -2.53. The van der Waals surface area contributed by atoms with Gasteiger partial charge in [0, 0.05) is 12.7 Å². The van der Waals surface area contributed by atoms with Crippen molar-refractivity contribution in [2.45, 2.75) is 84.4 Å². The molecule has 4 unspecified atom stereocenters. The average Bonchev–Trinajstić information content (AvgIpc) is 2.69. The molecule has 1 saturated carbocycles. The lowest BCUT2D eigenvalue weighted by Crippen LogP contribution is -2.55. The highest BCUT2D eigenvalue weighted by molar-refractivity contribution is 7.38. The number of aliphatic hydroxyl groups is 1. The number of nitrogens with one attached hydrogen (secondary N) is 2. The lowest BCUT2D eigenvalue weighted by molar-refractivity contribution is -0.131. The quantitative estimate of drug-likeness (QED) is 0.288. The number of nitrogens with two attached hydrogens (primary N) is 1. The molecule has 0 radical (unpaired) electrons. The zero-order valence-corrected chi connectivity index (χ0v) is 19.9. The molecule has 1 rings (SSSR count). The van der Waals surface area contributed by atoms with Crippen molar-refractivity contribution in [3.8, 4) is 0 Å². The van der Waals surface area contributed by atoms with E-state index < -0.39 is 26.2 Å². The van der Waals surface area contributed by atoms with Crippen molar-refractivity contribution in [3.05, 3.63) is 0 Å². The summed E-state index contributed by atoms with van der Waals surface area (Å²) in [4.78, 5) is 34.3. The van der Waals surface area contributed by atoms with Crippen LogP contribution in [0.2, 0.25) is 0 Å². The minimum atomic E-state index is -2.53. The van der Waals surface area contributed by atoms with Gasteiger partial charge in [0.25, 0.3) is 0 Å². The Labute approximate surface area is 181 Å². The molecule has 1 fully saturated rings. The monoisotopic (exact) mass is 447 g/mol. The van der Waals surface area contributed by atoms with Gasteiger partial charge in [-0.25, -0.2) is 0 Å². The molecule has 0 aromatic rings. The Morgan fingerprint density at radius 3 is 2.27 bits per heavy atom. The molecule has 0 saturated heterocycles. The maximum absolute atomic E-state index is 12.6. The molecule has 0 aromatic heterocycles. The van der Waals surface area contributed by atoms with Crippen LogP contribution in [0.5, 0.6) is 0 Å². The van der Waals surface area contributed by atoms with Crippen molar-refractivity contribution in [2.24, 2.45) is 29.4 Å². The van der Waals surface area contributed by atoms with Crippen LogP contribution < -0.4 is 16.4 Å². The standard InChI is InChI=1S/C21H42N3O5P/c1-5-14(4)18(22)20(26)24-19(13(2)3)21(27)23-11-17(25)10-15-8-6-7-9-16(15)12-30(28)29/h13-19,25,30H,5-12,22H2,1-4H3,(H,23,27)(H,24,26)(H,28,29)/t14?,15?,16?,17-,18+,19+/m1/s1. The van der Waals surface area contributed by atoms with Crippen molar-refractivity contribution >= 4 is 19.8 Å². The van der Waals surface area contributed by atoms with Gasteiger partial charge in [-0.1, -0.05) is 53.4 Å². The highest BCUT2D eigenvalue weighted by Crippen LogP contribution is 2.37. The maximum atomic E-state index is 12.6. The molecule has 176 valence electrons. The fraction of sp³-hybridized carbons (Fsp3) is 0.905. The van der Waals surface area contributed by atoms with Crippen LogP contribution in [-0.4, -0.2) is 52.7 Å². The Morgan fingerprint density at radius 2 is 1.73 bits per heavy atom. The van der Waals surface area contributed by atoms with Gasteiger partial charge in [0.2, 0.25) is 11.8 Å². The summed E-state index contributed by atoms with van der Waals surface area (Å²) in [6, 6.07) is -1.39. The van der Waals surface area contributed by atoms with Crippen LogP contribution in [0.1, 0.15) is 66.2 Å². The molecule has 6 N–H and O–H groups in total. The first kappa shape index (κ1) is 27.1. The van der Waals surface area contributed by atoms with Gasteiger partial charge in [0.05, 0.1) is 12.1 Å². The molecule has 1 aliphatic rings. The van der Waals surface area contributed by atoms with Gasteiger partial charge in [-0.2, -0.15) is 0 Å². The van der Waals surface area contributed by atoms with Gasteiger partial charge in [0.15, 0.2) is 8.03 Å². The Hall–Kier alpha value is -0.950. The summed E-state index contributed by atoms with van der Waals surface area (Å²) in [6.45, 7) is 7.64. The minimum absolute atomic E-state index is 0.0148. The minimum Gasteiger partial charge on any atom is -0.391 e. The number of carbonyl (C=O) groups is 2. The second-order valence-electron chi connectivity index (χ2n) is 9.18. The highest BCUT2D eigenvalue weighted by Gasteiger charge is 2.30. The third-order valence-electron chi connectivity index (χ3n) is 6.40. The third-order valence-corrected chi connectivity index (χ3v) is 7.27. The summed E-state index contributed by atoms with van der Waals surface area (Å²) in [6.07, 6.45) is 4.81. The lowest BCUT2D eigenvalue weighted by Gasteiger charge is -2.32. The van der Waals surface area contributed by atoms with E-state index in [4.69, 9.17) is 5.73 Å². The molecule has 8 nitrogen and oxygen atoms in total. The Morgan fingerprint density at radius 1 is 1.13 bits per heavy atom. The number of rotatable bonds is 12. The van der Waals surface area contributed by atoms with E-state index in [1.807, 2.05) is 27.7 Å². The zero-order valence-electron chi connectivity index (χ0n) is 18.9. The van der Waals surface area contributed by atoms with Gasteiger partial charge in [-0.15, -0.1) is 0 Å². The van der Waals surface area contributed by atoms with Crippen LogP contribution in [0.4, 0.5) is 0 Å². The van der Waals surface area contributed by atoms with Crippen molar-refractivity contribution in [3.63, 3.8) is 0 Å². The van der Waals surface area contributed by atoms with Gasteiger partial charge in [0.1, 0.15) is 6.04 Å². The first-order valence-electron chi connectivity index (χ1n) is 11.3. The predicted molar refractivity (Wildman–Crippen MR) is 119 cm³/mol. The Kier molecular flexibility index (Phi) is 12.2. The smallest absolute Gasteiger partial charge is 0.242 e. The van der Waals surface area contributed by atoms with E-state index in [2.05, 4.69) is 10.6 Å². The molecule has 7 atom stereocenters. The van der Waals surface area contributed by atoms with Gasteiger partial charge in [-0.05, 0) is 36.5 Å². The fourth-order valence-electron chi connectivity index (χ4n) is 4.15. The van der Waals surface area contributed by atoms with Gasteiger partial charge < -0.3 is 26.4 Å². The number of carbonyl (C=O) groups excluding carboxylic acids is 2. The predicted octanol–water partition coefficient (Wildman–Crippen LogP) is 1.64. The Bertz CT molecular complexity index is 575. The van der Waals surface area contributed by atoms with Crippen molar-refractivity contribution in [1.82, 2.24) is 10.6 Å². The van der Waals surface area contributed by atoms with E-state index in [0.29, 0.717) is 12.6 Å². The number of amides is 2. The van der Waals surface area contributed by atoms with Gasteiger partial charge >= 0.3 is 0 Å². The average molecular weight is 448 g/mol. The molecule has 1 aliphatic carbocycles. The van der Waals surface area contributed by atoms with E-state index in [1.165, 1.54) is 0 Å². The first-order valence-corrected chi connectivity index (χ1v) is 12.9. The van der Waals surface area contributed by atoms with Gasteiger partial charge in [-0.3, -0.25) is 14.2 Å². The van der Waals surface area contributed by atoms with Crippen LogP contribution >= 0.6 is 8.03 Å². The molecule has 0 aliphatic heterocycles. The van der Waals surface area contributed by atoms with E-state index >= 15 is 0 Å². The molecule has 9 heteroatoms. The SMILES string of the molecule is CCC(C)[C@H](N)C(=O)N[C@H](C(=O)NC[C@H](O)CC1CCCCC1C[PH](=O)O)C(C)C. The summed E-state index contributed by atoms with van der Waals surface area (Å²) in [5.41, 5.74) is 5.97. The van der Waals surface area contributed by atoms with E-state index in [9.17, 15) is 24.2 Å². The molecular weight excluding hydrogens is 405 g/mol.